The van der Waals surface area contributed by atoms with Crippen molar-refractivity contribution in [3.8, 4) is 0 Å². The van der Waals surface area contributed by atoms with Crippen LogP contribution in [0.5, 0.6) is 0 Å². The van der Waals surface area contributed by atoms with Gasteiger partial charge >= 0.3 is 11.7 Å². The third kappa shape index (κ3) is 2.44. The minimum atomic E-state index is -1.55. The highest BCUT2D eigenvalue weighted by Gasteiger charge is 2.66. The number of carbonyl (C=O) groups is 2. The van der Waals surface area contributed by atoms with Crippen LogP contribution in [0.25, 0.3) is 0 Å². The van der Waals surface area contributed by atoms with Crippen molar-refractivity contribution in [1.29, 1.82) is 0 Å². The van der Waals surface area contributed by atoms with Gasteiger partial charge < -0.3 is 20.1 Å². The maximum absolute atomic E-state index is 12.4. The number of aliphatic carboxylic acids is 1. The molecule has 0 spiro atoms. The van der Waals surface area contributed by atoms with E-state index in [0.29, 0.717) is 6.61 Å². The van der Waals surface area contributed by atoms with Crippen LogP contribution in [-0.4, -0.2) is 44.8 Å². The minimum absolute atomic E-state index is 0.0958. The third-order valence-corrected chi connectivity index (χ3v) is 4.88. The Morgan fingerprint density at radius 3 is 2.58 bits per heavy atom. The molecule has 1 aromatic heterocycles. The Morgan fingerprint density at radius 1 is 1.46 bits per heavy atom. The summed E-state index contributed by atoms with van der Waals surface area (Å²) in [5.41, 5.74) is -4.20. The van der Waals surface area contributed by atoms with E-state index in [1.807, 2.05) is 0 Å². The zero-order valence-electron chi connectivity index (χ0n) is 14.0. The molecule has 9 heteroatoms. The topological polar surface area (TPSA) is 130 Å². The maximum atomic E-state index is 12.4. The maximum Gasteiger partial charge on any atom is 0.330 e. The minimum Gasteiger partial charge on any atom is -0.479 e. The standard InChI is InChI=1S/C15H21N3O6/c1-5-24-9-6-15(12(21)22,14(9,2)3)17-10(19)8-7-16-13(23)18(4)11(8)20/h7,9H,5-6H2,1-4H3,(H,16,23)(H,17,19)(H,21,22)/t9-,15-/m0/s1. The van der Waals surface area contributed by atoms with Crippen LogP contribution in [0.3, 0.4) is 0 Å². The number of amides is 1. The predicted molar refractivity (Wildman–Crippen MR) is 83.9 cm³/mol. The number of hydrogen-bond donors (Lipinski definition) is 3. The van der Waals surface area contributed by atoms with Gasteiger partial charge in [0, 0.05) is 31.7 Å². The highest BCUT2D eigenvalue weighted by Crippen LogP contribution is 2.51. The first-order valence-electron chi connectivity index (χ1n) is 7.54. The monoisotopic (exact) mass is 339 g/mol. The van der Waals surface area contributed by atoms with Crippen LogP contribution in [0.1, 0.15) is 37.6 Å². The van der Waals surface area contributed by atoms with E-state index in [2.05, 4.69) is 10.3 Å². The number of hydrogen-bond acceptors (Lipinski definition) is 5. The average Bonchev–Trinajstić information content (AvgIpc) is 2.50. The van der Waals surface area contributed by atoms with Crippen molar-refractivity contribution in [3.63, 3.8) is 0 Å². The van der Waals surface area contributed by atoms with Crippen molar-refractivity contribution in [2.45, 2.75) is 38.8 Å². The second-order valence-electron chi connectivity index (χ2n) is 6.41. The van der Waals surface area contributed by atoms with Gasteiger partial charge in [-0.1, -0.05) is 13.8 Å². The molecule has 132 valence electrons. The summed E-state index contributed by atoms with van der Waals surface area (Å²) in [5, 5.41) is 12.1. The number of nitrogens with one attached hydrogen (secondary N) is 2. The lowest BCUT2D eigenvalue weighted by Gasteiger charge is -2.58. The van der Waals surface area contributed by atoms with Gasteiger partial charge in [0.2, 0.25) is 0 Å². The van der Waals surface area contributed by atoms with E-state index in [9.17, 15) is 24.3 Å². The first kappa shape index (κ1) is 17.9. The summed E-state index contributed by atoms with van der Waals surface area (Å²) in [5.74, 6) is -2.05. The smallest absolute Gasteiger partial charge is 0.330 e. The highest BCUT2D eigenvalue weighted by molar-refractivity contribution is 5.98. The zero-order chi connectivity index (χ0) is 18.3. The molecule has 0 bridgehead atoms. The molecule has 1 aliphatic rings. The van der Waals surface area contributed by atoms with E-state index in [-0.39, 0.29) is 18.1 Å². The van der Waals surface area contributed by atoms with Gasteiger partial charge in [-0.15, -0.1) is 0 Å². The van der Waals surface area contributed by atoms with Crippen LogP contribution in [-0.2, 0) is 16.6 Å². The van der Waals surface area contributed by atoms with E-state index in [1.54, 1.807) is 20.8 Å². The average molecular weight is 339 g/mol. The molecule has 1 heterocycles. The molecular weight excluding hydrogens is 318 g/mol. The van der Waals surface area contributed by atoms with E-state index < -0.39 is 34.1 Å². The van der Waals surface area contributed by atoms with Crippen molar-refractivity contribution >= 4 is 11.9 Å². The van der Waals surface area contributed by atoms with Crippen LogP contribution >= 0.6 is 0 Å². The van der Waals surface area contributed by atoms with Gasteiger partial charge in [0.25, 0.3) is 11.5 Å². The van der Waals surface area contributed by atoms with E-state index in [1.165, 1.54) is 7.05 Å². The summed E-state index contributed by atoms with van der Waals surface area (Å²) in [6.45, 7) is 5.62. The van der Waals surface area contributed by atoms with Gasteiger partial charge in [-0.2, -0.15) is 0 Å². The summed E-state index contributed by atoms with van der Waals surface area (Å²) >= 11 is 0. The molecular formula is C15H21N3O6. The fourth-order valence-electron chi connectivity index (χ4n) is 3.03. The number of nitrogens with zero attached hydrogens (tertiary/aromatic N) is 1. The molecule has 0 saturated heterocycles. The predicted octanol–water partition coefficient (Wildman–Crippen LogP) is -0.538. The normalized spacial score (nSPS) is 24.9. The van der Waals surface area contributed by atoms with Crippen LogP contribution in [0.15, 0.2) is 15.8 Å². The molecule has 1 saturated carbocycles. The number of carbonyl (C=O) groups excluding carboxylic acids is 1. The first-order valence-corrected chi connectivity index (χ1v) is 7.54. The highest BCUT2D eigenvalue weighted by atomic mass is 16.5. The van der Waals surface area contributed by atoms with Gasteiger partial charge in [0.1, 0.15) is 11.1 Å². The molecule has 2 atom stereocenters. The lowest BCUT2D eigenvalue weighted by atomic mass is 9.54. The van der Waals surface area contributed by atoms with E-state index in [0.717, 1.165) is 10.8 Å². The number of carboxylic acid groups (broad SMARTS) is 1. The Balaban J connectivity index is 2.36. The third-order valence-electron chi connectivity index (χ3n) is 4.88. The Morgan fingerprint density at radius 2 is 2.08 bits per heavy atom. The first-order chi connectivity index (χ1) is 11.1. The Bertz CT molecular complexity index is 793. The molecule has 0 unspecified atom stereocenters. The number of aromatic amines is 1. The Hall–Kier alpha value is -2.42. The summed E-state index contributed by atoms with van der Waals surface area (Å²) < 4.78 is 6.26. The molecule has 0 aromatic carbocycles. The largest absolute Gasteiger partial charge is 0.479 e. The number of ether oxygens (including phenoxy) is 1. The molecule has 2 rings (SSSR count). The molecule has 1 aliphatic carbocycles. The molecule has 3 N–H and O–H groups in total. The summed E-state index contributed by atoms with van der Waals surface area (Å²) in [6, 6.07) is 0. The van der Waals surface area contributed by atoms with Crippen LogP contribution in [0, 0.1) is 5.41 Å². The summed E-state index contributed by atoms with van der Waals surface area (Å²) in [6.07, 6.45) is 0.761. The lowest BCUT2D eigenvalue weighted by Crippen LogP contribution is -2.76. The lowest BCUT2D eigenvalue weighted by molar-refractivity contribution is -0.190. The number of aromatic nitrogens is 2. The number of H-pyrrole nitrogens is 1. The van der Waals surface area contributed by atoms with Gasteiger partial charge in [-0.3, -0.25) is 14.2 Å². The number of carboxylic acids is 1. The van der Waals surface area contributed by atoms with Gasteiger partial charge in [0.05, 0.1) is 6.10 Å². The van der Waals surface area contributed by atoms with Crippen molar-refractivity contribution in [2.24, 2.45) is 12.5 Å². The van der Waals surface area contributed by atoms with Crippen molar-refractivity contribution < 1.29 is 19.4 Å². The molecule has 0 radical (unpaired) electrons. The zero-order valence-corrected chi connectivity index (χ0v) is 14.0. The van der Waals surface area contributed by atoms with Crippen LogP contribution in [0.4, 0.5) is 0 Å². The van der Waals surface area contributed by atoms with Crippen molar-refractivity contribution in [3.05, 3.63) is 32.6 Å². The Labute approximate surface area is 137 Å². The van der Waals surface area contributed by atoms with Gasteiger partial charge in [0.15, 0.2) is 0 Å². The molecule has 24 heavy (non-hydrogen) atoms. The van der Waals surface area contributed by atoms with E-state index in [4.69, 9.17) is 4.74 Å². The second-order valence-corrected chi connectivity index (χ2v) is 6.41. The summed E-state index contributed by atoms with van der Waals surface area (Å²) in [4.78, 5) is 49.9. The van der Waals surface area contributed by atoms with Crippen LogP contribution < -0.4 is 16.6 Å². The Kier molecular flexibility index (Phi) is 4.40. The molecule has 1 fully saturated rings. The second kappa shape index (κ2) is 5.90. The fraction of sp³-hybridized carbons (Fsp3) is 0.600. The molecule has 1 aromatic rings. The fourth-order valence-corrected chi connectivity index (χ4v) is 3.03. The number of rotatable bonds is 5. The van der Waals surface area contributed by atoms with Gasteiger partial charge in [-0.25, -0.2) is 9.59 Å². The quantitative estimate of drug-likeness (QED) is 0.660. The summed E-state index contributed by atoms with van der Waals surface area (Å²) in [7, 11) is 1.23. The van der Waals surface area contributed by atoms with Crippen molar-refractivity contribution in [2.75, 3.05) is 6.61 Å². The molecule has 9 nitrogen and oxygen atoms in total. The van der Waals surface area contributed by atoms with E-state index >= 15 is 0 Å². The van der Waals surface area contributed by atoms with Crippen molar-refractivity contribution in [1.82, 2.24) is 14.9 Å². The van der Waals surface area contributed by atoms with Crippen LogP contribution in [0.2, 0.25) is 0 Å². The van der Waals surface area contributed by atoms with Gasteiger partial charge in [-0.05, 0) is 6.92 Å². The molecule has 0 aliphatic heterocycles. The SMILES string of the molecule is CCO[C@H]1C[C@](NC(=O)c2c[nH]c(=O)n(C)c2=O)(C(=O)O)C1(C)C. The molecule has 1 amide bonds.